The van der Waals surface area contributed by atoms with E-state index in [2.05, 4.69) is 39.2 Å². The molecule has 4 rings (SSSR count). The minimum Gasteiger partial charge on any atom is -0.343 e. The second-order valence-corrected chi connectivity index (χ2v) is 7.07. The lowest BCUT2D eigenvalue weighted by molar-refractivity contribution is -0.143. The van der Waals surface area contributed by atoms with Crippen LogP contribution < -0.4 is 0 Å². The molecule has 1 unspecified atom stereocenters. The molecule has 132 valence electrons. The van der Waals surface area contributed by atoms with Crippen molar-refractivity contribution >= 4 is 5.91 Å². The fourth-order valence-electron chi connectivity index (χ4n) is 3.75. The summed E-state index contributed by atoms with van der Waals surface area (Å²) in [5.74, 6) is 0.269. The van der Waals surface area contributed by atoms with Gasteiger partial charge in [-0.25, -0.2) is 0 Å². The van der Waals surface area contributed by atoms with Gasteiger partial charge in [-0.2, -0.15) is 5.10 Å². The molecule has 0 N–H and O–H groups in total. The van der Waals surface area contributed by atoms with Crippen LogP contribution in [0.4, 0.5) is 0 Å². The number of hydrogen-bond donors (Lipinski definition) is 0. The normalized spacial score (nSPS) is 22.2. The van der Waals surface area contributed by atoms with Crippen molar-refractivity contribution in [2.24, 2.45) is 0 Å². The SMILES string of the molecule is CN1CCN2CCN(Cc3ccc(Cn4cccn4)cc3)CC2C1=O. The highest BCUT2D eigenvalue weighted by atomic mass is 16.2. The minimum absolute atomic E-state index is 0.0339. The number of amides is 1. The van der Waals surface area contributed by atoms with Gasteiger partial charge < -0.3 is 4.90 Å². The Morgan fingerprint density at radius 3 is 2.48 bits per heavy atom. The number of aromatic nitrogens is 2. The molecule has 1 aromatic carbocycles. The Hall–Kier alpha value is -2.18. The number of piperazine rings is 2. The number of fused-ring (bicyclic) bond motifs is 1. The van der Waals surface area contributed by atoms with Crippen LogP contribution in [0.15, 0.2) is 42.7 Å². The average Bonchev–Trinajstić information content (AvgIpc) is 3.13. The lowest BCUT2D eigenvalue weighted by atomic mass is 10.1. The van der Waals surface area contributed by atoms with Gasteiger partial charge in [0.15, 0.2) is 0 Å². The molecule has 25 heavy (non-hydrogen) atoms. The fourth-order valence-corrected chi connectivity index (χ4v) is 3.75. The van der Waals surface area contributed by atoms with Gasteiger partial charge in [0.25, 0.3) is 0 Å². The summed E-state index contributed by atoms with van der Waals surface area (Å²) >= 11 is 0. The first kappa shape index (κ1) is 16.3. The number of nitrogens with zero attached hydrogens (tertiary/aromatic N) is 5. The molecule has 0 spiro atoms. The van der Waals surface area contributed by atoms with Gasteiger partial charge >= 0.3 is 0 Å². The van der Waals surface area contributed by atoms with E-state index in [1.54, 1.807) is 6.20 Å². The summed E-state index contributed by atoms with van der Waals surface area (Å²) < 4.78 is 1.93. The van der Waals surface area contributed by atoms with Crippen molar-refractivity contribution in [2.75, 3.05) is 39.8 Å². The third-order valence-electron chi connectivity index (χ3n) is 5.29. The van der Waals surface area contributed by atoms with Crippen molar-refractivity contribution in [3.63, 3.8) is 0 Å². The second kappa shape index (κ2) is 6.98. The maximum absolute atomic E-state index is 12.4. The molecule has 6 nitrogen and oxygen atoms in total. The van der Waals surface area contributed by atoms with E-state index in [-0.39, 0.29) is 11.9 Å². The molecule has 1 aromatic heterocycles. The fraction of sp³-hybridized carbons (Fsp3) is 0.474. The molecule has 2 aliphatic rings. The zero-order chi connectivity index (χ0) is 17.2. The molecular formula is C19H25N5O. The summed E-state index contributed by atoms with van der Waals surface area (Å²) in [6, 6.07) is 10.7. The molecule has 3 heterocycles. The molecular weight excluding hydrogens is 314 g/mol. The molecule has 2 aromatic rings. The Labute approximate surface area is 148 Å². The van der Waals surface area contributed by atoms with Crippen LogP contribution in [0.3, 0.4) is 0 Å². The Morgan fingerprint density at radius 2 is 1.76 bits per heavy atom. The van der Waals surface area contributed by atoms with Gasteiger partial charge in [-0.05, 0) is 17.2 Å². The van der Waals surface area contributed by atoms with E-state index in [1.807, 2.05) is 28.9 Å². The van der Waals surface area contributed by atoms with Gasteiger partial charge in [0.1, 0.15) is 6.04 Å². The van der Waals surface area contributed by atoms with Crippen LogP contribution in [0, 0.1) is 0 Å². The first-order valence-electron chi connectivity index (χ1n) is 8.96. The molecule has 0 bridgehead atoms. The quantitative estimate of drug-likeness (QED) is 0.830. The van der Waals surface area contributed by atoms with E-state index in [1.165, 1.54) is 11.1 Å². The lowest BCUT2D eigenvalue weighted by Crippen LogP contribution is -2.63. The summed E-state index contributed by atoms with van der Waals surface area (Å²) in [4.78, 5) is 19.0. The highest BCUT2D eigenvalue weighted by Crippen LogP contribution is 2.18. The van der Waals surface area contributed by atoms with E-state index in [4.69, 9.17) is 0 Å². The van der Waals surface area contributed by atoms with Gasteiger partial charge in [-0.1, -0.05) is 24.3 Å². The van der Waals surface area contributed by atoms with Crippen molar-refractivity contribution in [3.8, 4) is 0 Å². The Morgan fingerprint density at radius 1 is 1.04 bits per heavy atom. The van der Waals surface area contributed by atoms with Gasteiger partial charge in [0.2, 0.25) is 5.91 Å². The van der Waals surface area contributed by atoms with E-state index < -0.39 is 0 Å². The Kier molecular flexibility index (Phi) is 4.55. The summed E-state index contributed by atoms with van der Waals surface area (Å²) in [5, 5.41) is 4.25. The van der Waals surface area contributed by atoms with Crippen LogP contribution in [0.5, 0.6) is 0 Å². The summed E-state index contributed by atoms with van der Waals surface area (Å²) in [7, 11) is 1.91. The number of rotatable bonds is 4. The number of carbonyl (C=O) groups excluding carboxylic acids is 1. The highest BCUT2D eigenvalue weighted by molar-refractivity contribution is 5.82. The maximum Gasteiger partial charge on any atom is 0.241 e. The van der Waals surface area contributed by atoms with Crippen LogP contribution >= 0.6 is 0 Å². The van der Waals surface area contributed by atoms with Gasteiger partial charge in [0, 0.05) is 58.7 Å². The number of hydrogen-bond acceptors (Lipinski definition) is 4. The van der Waals surface area contributed by atoms with Crippen molar-refractivity contribution in [3.05, 3.63) is 53.9 Å². The summed E-state index contributed by atoms with van der Waals surface area (Å²) in [6.45, 7) is 6.41. The third kappa shape index (κ3) is 3.60. The predicted molar refractivity (Wildman–Crippen MR) is 96.0 cm³/mol. The van der Waals surface area contributed by atoms with Crippen LogP contribution in [-0.4, -0.2) is 76.2 Å². The highest BCUT2D eigenvalue weighted by Gasteiger charge is 2.36. The van der Waals surface area contributed by atoms with E-state index in [0.29, 0.717) is 0 Å². The standard InChI is InChI=1S/C19H25N5O/c1-21-9-11-23-12-10-22(15-18(23)19(21)25)13-16-3-5-17(6-4-16)14-24-8-2-7-20-24/h2-8,18H,9-15H2,1H3. The monoisotopic (exact) mass is 339 g/mol. The topological polar surface area (TPSA) is 44.6 Å². The van der Waals surface area contributed by atoms with E-state index >= 15 is 0 Å². The molecule has 0 radical (unpaired) electrons. The van der Waals surface area contributed by atoms with Crippen LogP contribution in [-0.2, 0) is 17.9 Å². The molecule has 1 amide bonds. The zero-order valence-electron chi connectivity index (χ0n) is 14.7. The molecule has 1 atom stereocenters. The number of carbonyl (C=O) groups is 1. The van der Waals surface area contributed by atoms with Crippen molar-refractivity contribution in [2.45, 2.75) is 19.1 Å². The smallest absolute Gasteiger partial charge is 0.241 e. The average molecular weight is 339 g/mol. The Balaban J connectivity index is 1.36. The van der Waals surface area contributed by atoms with Crippen molar-refractivity contribution in [1.82, 2.24) is 24.5 Å². The molecule has 0 saturated carbocycles. The molecule has 2 saturated heterocycles. The maximum atomic E-state index is 12.4. The Bertz CT molecular complexity index is 712. The number of likely N-dealkylation sites (N-methyl/N-ethyl adjacent to an activating group) is 1. The van der Waals surface area contributed by atoms with Gasteiger partial charge in [0.05, 0.1) is 6.54 Å². The number of benzene rings is 1. The molecule has 6 heteroatoms. The minimum atomic E-state index is 0.0339. The predicted octanol–water partition coefficient (Wildman–Crippen LogP) is 0.890. The molecule has 0 aliphatic carbocycles. The van der Waals surface area contributed by atoms with Gasteiger partial charge in [-0.3, -0.25) is 19.3 Å². The largest absolute Gasteiger partial charge is 0.343 e. The summed E-state index contributed by atoms with van der Waals surface area (Å²) in [5.41, 5.74) is 2.55. The van der Waals surface area contributed by atoms with Gasteiger partial charge in [-0.15, -0.1) is 0 Å². The zero-order valence-corrected chi connectivity index (χ0v) is 14.7. The molecule has 2 fully saturated rings. The van der Waals surface area contributed by atoms with E-state index in [9.17, 15) is 4.79 Å². The third-order valence-corrected chi connectivity index (χ3v) is 5.29. The lowest BCUT2D eigenvalue weighted by Gasteiger charge is -2.45. The first-order chi connectivity index (χ1) is 12.2. The van der Waals surface area contributed by atoms with Crippen LogP contribution in [0.1, 0.15) is 11.1 Å². The van der Waals surface area contributed by atoms with E-state index in [0.717, 1.165) is 45.8 Å². The summed E-state index contributed by atoms with van der Waals surface area (Å²) in [6.07, 6.45) is 3.78. The van der Waals surface area contributed by atoms with Crippen molar-refractivity contribution < 1.29 is 4.79 Å². The molecule has 2 aliphatic heterocycles. The van der Waals surface area contributed by atoms with Crippen LogP contribution in [0.25, 0.3) is 0 Å². The van der Waals surface area contributed by atoms with Crippen molar-refractivity contribution in [1.29, 1.82) is 0 Å². The first-order valence-corrected chi connectivity index (χ1v) is 8.96. The second-order valence-electron chi connectivity index (χ2n) is 7.07. The van der Waals surface area contributed by atoms with Crippen LogP contribution in [0.2, 0.25) is 0 Å².